The largest absolute Gasteiger partial charge is 0.385 e. The lowest BCUT2D eigenvalue weighted by atomic mass is 10.3. The Balaban J connectivity index is 1.71. The molecule has 0 saturated carbocycles. The maximum atomic E-state index is 4.62. The van der Waals surface area contributed by atoms with E-state index in [1.165, 1.54) is 4.70 Å². The van der Waals surface area contributed by atoms with Crippen LogP contribution in [0.15, 0.2) is 46.9 Å². The lowest BCUT2D eigenvalue weighted by Crippen LogP contribution is -1.97. The van der Waals surface area contributed by atoms with E-state index in [9.17, 15) is 0 Å². The summed E-state index contributed by atoms with van der Waals surface area (Å²) in [5.74, 6) is 0.846. The Morgan fingerprint density at radius 1 is 1.25 bits per heavy atom. The fourth-order valence-electron chi connectivity index (χ4n) is 1.92. The summed E-state index contributed by atoms with van der Waals surface area (Å²) in [6, 6.07) is 12.3. The molecular weight excluding hydrogens is 286 g/mol. The number of nitrogens with one attached hydrogen (secondary N) is 1. The molecule has 0 fully saturated rings. The Bertz CT molecular complexity index is 676. The predicted molar refractivity (Wildman–Crippen MR) is 87.6 cm³/mol. The van der Waals surface area contributed by atoms with Gasteiger partial charge in [-0.1, -0.05) is 23.9 Å². The minimum absolute atomic E-state index is 0.846. The molecule has 0 bridgehead atoms. The van der Waals surface area contributed by atoms with E-state index in [0.29, 0.717) is 0 Å². The zero-order valence-corrected chi connectivity index (χ0v) is 12.8. The number of thioether (sulfide) groups is 1. The van der Waals surface area contributed by atoms with E-state index < -0.39 is 0 Å². The van der Waals surface area contributed by atoms with Crippen LogP contribution in [0.25, 0.3) is 10.2 Å². The highest BCUT2D eigenvalue weighted by Crippen LogP contribution is 2.31. The third-order valence-corrected chi connectivity index (χ3v) is 5.03. The SMILES string of the molecule is CCNc1ccnc(CSc2nc3ccccc3s2)c1. The molecule has 3 aromatic rings. The van der Waals surface area contributed by atoms with E-state index in [1.54, 1.807) is 23.1 Å². The Morgan fingerprint density at radius 2 is 2.15 bits per heavy atom. The van der Waals surface area contributed by atoms with Gasteiger partial charge in [-0.2, -0.15) is 0 Å². The predicted octanol–water partition coefficient (Wildman–Crippen LogP) is 4.42. The maximum Gasteiger partial charge on any atom is 0.151 e. The van der Waals surface area contributed by atoms with E-state index in [-0.39, 0.29) is 0 Å². The molecule has 1 N–H and O–H groups in total. The van der Waals surface area contributed by atoms with Crippen LogP contribution < -0.4 is 5.32 Å². The minimum atomic E-state index is 0.846. The molecule has 2 heterocycles. The summed E-state index contributed by atoms with van der Waals surface area (Å²) < 4.78 is 2.34. The zero-order valence-electron chi connectivity index (χ0n) is 11.2. The van der Waals surface area contributed by atoms with Gasteiger partial charge in [-0.3, -0.25) is 4.98 Å². The molecule has 3 nitrogen and oxygen atoms in total. The number of pyridine rings is 1. The van der Waals surface area contributed by atoms with Crippen LogP contribution in [0.5, 0.6) is 0 Å². The smallest absolute Gasteiger partial charge is 0.151 e. The first-order valence-corrected chi connectivity index (χ1v) is 8.32. The third-order valence-electron chi connectivity index (χ3n) is 2.82. The van der Waals surface area contributed by atoms with Crippen LogP contribution in [0.1, 0.15) is 12.6 Å². The van der Waals surface area contributed by atoms with Crippen molar-refractivity contribution in [1.29, 1.82) is 0 Å². The molecule has 0 spiro atoms. The van der Waals surface area contributed by atoms with Crippen molar-refractivity contribution in [2.24, 2.45) is 0 Å². The number of hydrogen-bond donors (Lipinski definition) is 1. The van der Waals surface area contributed by atoms with Gasteiger partial charge in [0, 0.05) is 24.2 Å². The van der Waals surface area contributed by atoms with Crippen LogP contribution in [0, 0.1) is 0 Å². The summed E-state index contributed by atoms with van der Waals surface area (Å²) in [5, 5.41) is 3.31. The van der Waals surface area contributed by atoms with E-state index in [1.807, 2.05) is 18.3 Å². The van der Waals surface area contributed by atoms with Crippen molar-refractivity contribution < 1.29 is 0 Å². The average Bonchev–Trinajstić information content (AvgIpc) is 2.89. The molecule has 0 atom stereocenters. The summed E-state index contributed by atoms with van der Waals surface area (Å²) >= 11 is 3.48. The number of thiazole rings is 1. The second kappa shape index (κ2) is 6.24. The number of nitrogens with zero attached hydrogens (tertiary/aromatic N) is 2. The van der Waals surface area contributed by atoms with Crippen molar-refractivity contribution in [1.82, 2.24) is 9.97 Å². The molecule has 102 valence electrons. The molecule has 0 aliphatic rings. The van der Waals surface area contributed by atoms with Crippen molar-refractivity contribution in [3.63, 3.8) is 0 Å². The second-order valence-corrected chi connectivity index (χ2v) is 6.56. The molecule has 0 amide bonds. The van der Waals surface area contributed by atoms with Crippen LogP contribution in [0.3, 0.4) is 0 Å². The lowest BCUT2D eigenvalue weighted by molar-refractivity contribution is 1.14. The molecule has 0 aliphatic carbocycles. The minimum Gasteiger partial charge on any atom is -0.385 e. The normalized spacial score (nSPS) is 10.8. The van der Waals surface area contributed by atoms with Crippen LogP contribution >= 0.6 is 23.1 Å². The van der Waals surface area contributed by atoms with Gasteiger partial charge in [-0.05, 0) is 31.2 Å². The molecule has 0 radical (unpaired) electrons. The van der Waals surface area contributed by atoms with E-state index in [0.717, 1.165) is 33.5 Å². The first kappa shape index (κ1) is 13.4. The highest BCUT2D eigenvalue weighted by Gasteiger charge is 2.05. The molecule has 0 aliphatic heterocycles. The van der Waals surface area contributed by atoms with E-state index in [2.05, 4.69) is 46.5 Å². The van der Waals surface area contributed by atoms with Crippen LogP contribution in [-0.4, -0.2) is 16.5 Å². The number of hydrogen-bond acceptors (Lipinski definition) is 5. The molecule has 0 saturated heterocycles. The van der Waals surface area contributed by atoms with Gasteiger partial charge in [0.15, 0.2) is 4.34 Å². The van der Waals surface area contributed by atoms with Crippen molar-refractivity contribution in [3.8, 4) is 0 Å². The second-order valence-electron chi connectivity index (χ2n) is 4.30. The molecule has 1 aromatic carbocycles. The fraction of sp³-hybridized carbons (Fsp3) is 0.200. The van der Waals surface area contributed by atoms with Crippen molar-refractivity contribution in [2.75, 3.05) is 11.9 Å². The first-order chi connectivity index (χ1) is 9.85. The monoisotopic (exact) mass is 301 g/mol. The number of rotatable bonds is 5. The molecule has 3 rings (SSSR count). The molecule has 0 unspecified atom stereocenters. The maximum absolute atomic E-state index is 4.62. The van der Waals surface area contributed by atoms with Crippen LogP contribution in [0.2, 0.25) is 0 Å². The third kappa shape index (κ3) is 3.11. The van der Waals surface area contributed by atoms with Crippen LogP contribution in [-0.2, 0) is 5.75 Å². The molecule has 5 heteroatoms. The standard InChI is InChI=1S/C15H15N3S2/c1-2-16-11-7-8-17-12(9-11)10-19-15-18-13-5-3-4-6-14(13)20-15/h3-9H,2,10H2,1H3,(H,16,17). The summed E-state index contributed by atoms with van der Waals surface area (Å²) in [5.41, 5.74) is 3.28. The van der Waals surface area contributed by atoms with Gasteiger partial charge in [0.1, 0.15) is 0 Å². The Kier molecular flexibility index (Phi) is 4.18. The van der Waals surface area contributed by atoms with Crippen molar-refractivity contribution >= 4 is 39.0 Å². The quantitative estimate of drug-likeness (QED) is 0.708. The van der Waals surface area contributed by atoms with Gasteiger partial charge in [-0.25, -0.2) is 4.98 Å². The van der Waals surface area contributed by atoms with Gasteiger partial charge in [0.2, 0.25) is 0 Å². The van der Waals surface area contributed by atoms with Gasteiger partial charge in [-0.15, -0.1) is 11.3 Å². The Hall–Kier alpha value is -1.59. The van der Waals surface area contributed by atoms with Crippen molar-refractivity contribution in [3.05, 3.63) is 48.3 Å². The lowest BCUT2D eigenvalue weighted by Gasteiger charge is -2.04. The highest BCUT2D eigenvalue weighted by molar-refractivity contribution is 8.00. The molecule has 2 aromatic heterocycles. The summed E-state index contributed by atoms with van der Waals surface area (Å²) in [6.45, 7) is 3.02. The van der Waals surface area contributed by atoms with E-state index in [4.69, 9.17) is 0 Å². The summed E-state index contributed by atoms with van der Waals surface area (Å²) in [7, 11) is 0. The summed E-state index contributed by atoms with van der Waals surface area (Å²) in [6.07, 6.45) is 1.85. The van der Waals surface area contributed by atoms with E-state index >= 15 is 0 Å². The molecule has 20 heavy (non-hydrogen) atoms. The number of para-hydroxylation sites is 1. The Labute approximate surface area is 126 Å². The first-order valence-electron chi connectivity index (χ1n) is 6.52. The number of fused-ring (bicyclic) bond motifs is 1. The Morgan fingerprint density at radius 3 is 3.00 bits per heavy atom. The fourth-order valence-corrected chi connectivity index (χ4v) is 3.89. The summed E-state index contributed by atoms with van der Waals surface area (Å²) in [4.78, 5) is 9.03. The van der Waals surface area contributed by atoms with Crippen LogP contribution in [0.4, 0.5) is 5.69 Å². The van der Waals surface area contributed by atoms with Gasteiger partial charge in [0.25, 0.3) is 0 Å². The zero-order chi connectivity index (χ0) is 13.8. The number of anilines is 1. The average molecular weight is 301 g/mol. The highest BCUT2D eigenvalue weighted by atomic mass is 32.2. The van der Waals surface area contributed by atoms with Gasteiger partial charge < -0.3 is 5.32 Å². The molecular formula is C15H15N3S2. The van der Waals surface area contributed by atoms with Gasteiger partial charge >= 0.3 is 0 Å². The number of aromatic nitrogens is 2. The number of benzene rings is 1. The topological polar surface area (TPSA) is 37.8 Å². The van der Waals surface area contributed by atoms with Crippen molar-refractivity contribution in [2.45, 2.75) is 17.0 Å². The van der Waals surface area contributed by atoms with Gasteiger partial charge in [0.05, 0.1) is 15.9 Å².